The summed E-state index contributed by atoms with van der Waals surface area (Å²) in [5, 5.41) is 4.28. The first kappa shape index (κ1) is 8.04. The summed E-state index contributed by atoms with van der Waals surface area (Å²) in [4.78, 5) is 0. The number of hydrogen-bond donors (Lipinski definition) is 0. The van der Waals surface area contributed by atoms with Gasteiger partial charge >= 0.3 is 0 Å². The predicted molar refractivity (Wildman–Crippen MR) is 49.9 cm³/mol. The molecule has 56 valence electrons. The van der Waals surface area contributed by atoms with E-state index in [1.165, 1.54) is 0 Å². The van der Waals surface area contributed by atoms with Crippen molar-refractivity contribution in [3.63, 3.8) is 0 Å². The van der Waals surface area contributed by atoms with Crippen molar-refractivity contribution in [3.05, 3.63) is 16.0 Å². The SMILES string of the molecule is CC[C@H](C)n1ccc(I)n1. The third-order valence-corrected chi connectivity index (χ3v) is 2.19. The Bertz CT molecular complexity index is 207. The predicted octanol–water partition coefficient (Wildman–Crippen LogP) is 2.46. The largest absolute Gasteiger partial charge is 0.269 e. The molecule has 0 aliphatic heterocycles. The average Bonchev–Trinajstić information content (AvgIpc) is 2.34. The van der Waals surface area contributed by atoms with Gasteiger partial charge in [0.15, 0.2) is 0 Å². The highest BCUT2D eigenvalue weighted by Crippen LogP contribution is 2.09. The molecule has 0 fully saturated rings. The van der Waals surface area contributed by atoms with Crippen molar-refractivity contribution >= 4 is 22.6 Å². The number of halogens is 1. The summed E-state index contributed by atoms with van der Waals surface area (Å²) in [6, 6.07) is 2.55. The molecule has 3 heteroatoms. The van der Waals surface area contributed by atoms with Crippen LogP contribution in [0.1, 0.15) is 26.3 Å². The van der Waals surface area contributed by atoms with Gasteiger partial charge in [0.1, 0.15) is 3.70 Å². The molecule has 0 saturated carbocycles. The summed E-state index contributed by atoms with van der Waals surface area (Å²) in [5.41, 5.74) is 0. The van der Waals surface area contributed by atoms with Crippen LogP contribution in [-0.2, 0) is 0 Å². The molecule has 0 aromatic carbocycles. The van der Waals surface area contributed by atoms with Crippen LogP contribution in [-0.4, -0.2) is 9.78 Å². The maximum Gasteiger partial charge on any atom is 0.123 e. The Labute approximate surface area is 74.8 Å². The normalized spacial score (nSPS) is 13.5. The fourth-order valence-corrected chi connectivity index (χ4v) is 1.16. The molecule has 1 aromatic rings. The molecule has 1 heterocycles. The highest BCUT2D eigenvalue weighted by Gasteiger charge is 2.01. The second-order valence-corrected chi connectivity index (χ2v) is 3.48. The van der Waals surface area contributed by atoms with Crippen LogP contribution < -0.4 is 0 Å². The molecule has 0 N–H and O–H groups in total. The molecule has 10 heavy (non-hydrogen) atoms. The molecule has 0 amide bonds. The second kappa shape index (κ2) is 3.37. The first-order chi connectivity index (χ1) is 4.74. The van der Waals surface area contributed by atoms with Crippen LogP contribution >= 0.6 is 22.6 Å². The quantitative estimate of drug-likeness (QED) is 0.737. The smallest absolute Gasteiger partial charge is 0.123 e. The lowest BCUT2D eigenvalue weighted by Crippen LogP contribution is -2.03. The van der Waals surface area contributed by atoms with Crippen molar-refractivity contribution in [2.75, 3.05) is 0 Å². The Morgan fingerprint density at radius 3 is 2.90 bits per heavy atom. The van der Waals surface area contributed by atoms with Crippen LogP contribution in [0.3, 0.4) is 0 Å². The molecule has 0 bridgehead atoms. The Hall–Kier alpha value is -0.0600. The van der Waals surface area contributed by atoms with Crippen LogP contribution in [0.25, 0.3) is 0 Å². The van der Waals surface area contributed by atoms with Crippen molar-refractivity contribution in [2.45, 2.75) is 26.3 Å². The first-order valence-corrected chi connectivity index (χ1v) is 4.52. The Morgan fingerprint density at radius 1 is 1.80 bits per heavy atom. The zero-order valence-electron chi connectivity index (χ0n) is 6.21. The maximum atomic E-state index is 4.28. The number of nitrogens with zero attached hydrogens (tertiary/aromatic N) is 2. The van der Waals surface area contributed by atoms with Crippen molar-refractivity contribution in [1.29, 1.82) is 0 Å². The Kier molecular flexibility index (Phi) is 2.71. The standard InChI is InChI=1S/C7H11IN2/c1-3-6(2)10-5-4-7(8)9-10/h4-6H,3H2,1-2H3/t6-/m0/s1. The minimum atomic E-state index is 0.531. The van der Waals surface area contributed by atoms with E-state index in [0.29, 0.717) is 6.04 Å². The number of aromatic nitrogens is 2. The molecule has 0 spiro atoms. The minimum Gasteiger partial charge on any atom is -0.269 e. The first-order valence-electron chi connectivity index (χ1n) is 3.44. The van der Waals surface area contributed by atoms with Crippen LogP contribution in [0.5, 0.6) is 0 Å². The van der Waals surface area contributed by atoms with Crippen LogP contribution in [0.2, 0.25) is 0 Å². The van der Waals surface area contributed by atoms with Crippen LogP contribution in [0.4, 0.5) is 0 Å². The monoisotopic (exact) mass is 250 g/mol. The number of rotatable bonds is 2. The van der Waals surface area contributed by atoms with E-state index >= 15 is 0 Å². The Morgan fingerprint density at radius 2 is 2.50 bits per heavy atom. The Balaban J connectivity index is 2.74. The molecule has 0 aliphatic carbocycles. The van der Waals surface area contributed by atoms with Crippen LogP contribution in [0, 0.1) is 3.70 Å². The van der Waals surface area contributed by atoms with Gasteiger partial charge in [-0.05, 0) is 42.0 Å². The zero-order chi connectivity index (χ0) is 7.56. The fraction of sp³-hybridized carbons (Fsp3) is 0.571. The molecule has 0 aliphatic rings. The topological polar surface area (TPSA) is 17.8 Å². The highest BCUT2D eigenvalue weighted by molar-refractivity contribution is 14.1. The van der Waals surface area contributed by atoms with Gasteiger partial charge in [0.25, 0.3) is 0 Å². The summed E-state index contributed by atoms with van der Waals surface area (Å²) in [5.74, 6) is 0. The van der Waals surface area contributed by atoms with E-state index in [4.69, 9.17) is 0 Å². The molecule has 0 radical (unpaired) electrons. The third-order valence-electron chi connectivity index (χ3n) is 1.62. The van der Waals surface area contributed by atoms with Crippen molar-refractivity contribution in [3.8, 4) is 0 Å². The summed E-state index contributed by atoms with van der Waals surface area (Å²) in [6.45, 7) is 4.34. The lowest BCUT2D eigenvalue weighted by atomic mass is 10.3. The summed E-state index contributed by atoms with van der Waals surface area (Å²) < 4.78 is 3.07. The zero-order valence-corrected chi connectivity index (χ0v) is 8.37. The third kappa shape index (κ3) is 1.71. The molecule has 0 saturated heterocycles. The van der Waals surface area contributed by atoms with Gasteiger partial charge in [0.2, 0.25) is 0 Å². The molecule has 2 nitrogen and oxygen atoms in total. The average molecular weight is 250 g/mol. The van der Waals surface area contributed by atoms with E-state index in [1.807, 2.05) is 16.9 Å². The molecule has 1 aromatic heterocycles. The highest BCUT2D eigenvalue weighted by atomic mass is 127. The molecule has 1 rings (SSSR count). The van der Waals surface area contributed by atoms with Gasteiger partial charge in [-0.15, -0.1) is 0 Å². The van der Waals surface area contributed by atoms with Gasteiger partial charge < -0.3 is 0 Å². The molecular formula is C7H11IN2. The van der Waals surface area contributed by atoms with Gasteiger partial charge in [-0.1, -0.05) is 6.92 Å². The van der Waals surface area contributed by atoms with Crippen molar-refractivity contribution < 1.29 is 0 Å². The van der Waals surface area contributed by atoms with E-state index in [-0.39, 0.29) is 0 Å². The molecule has 1 atom stereocenters. The van der Waals surface area contributed by atoms with Gasteiger partial charge in [-0.25, -0.2) is 0 Å². The van der Waals surface area contributed by atoms with Crippen molar-refractivity contribution in [1.82, 2.24) is 9.78 Å². The minimum absolute atomic E-state index is 0.531. The second-order valence-electron chi connectivity index (χ2n) is 2.38. The van der Waals surface area contributed by atoms with Gasteiger partial charge in [0.05, 0.1) is 0 Å². The van der Waals surface area contributed by atoms with Crippen molar-refractivity contribution in [2.24, 2.45) is 0 Å². The maximum absolute atomic E-state index is 4.28. The van der Waals surface area contributed by atoms with E-state index in [1.54, 1.807) is 0 Å². The summed E-state index contributed by atoms with van der Waals surface area (Å²) >= 11 is 2.22. The van der Waals surface area contributed by atoms with E-state index in [2.05, 4.69) is 41.5 Å². The lowest BCUT2D eigenvalue weighted by Gasteiger charge is -2.07. The van der Waals surface area contributed by atoms with Crippen LogP contribution in [0.15, 0.2) is 12.3 Å². The lowest BCUT2D eigenvalue weighted by molar-refractivity contribution is 0.476. The number of hydrogen-bond acceptors (Lipinski definition) is 1. The van der Waals surface area contributed by atoms with Gasteiger partial charge in [-0.2, -0.15) is 5.10 Å². The molecule has 0 unspecified atom stereocenters. The van der Waals surface area contributed by atoms with E-state index in [0.717, 1.165) is 10.1 Å². The van der Waals surface area contributed by atoms with E-state index in [9.17, 15) is 0 Å². The fourth-order valence-electron chi connectivity index (χ4n) is 0.747. The summed E-state index contributed by atoms with van der Waals surface area (Å²) in [6.07, 6.45) is 3.16. The molecular weight excluding hydrogens is 239 g/mol. The van der Waals surface area contributed by atoms with E-state index < -0.39 is 0 Å². The van der Waals surface area contributed by atoms with Gasteiger partial charge in [-0.3, -0.25) is 4.68 Å². The van der Waals surface area contributed by atoms with Gasteiger partial charge in [0, 0.05) is 12.2 Å². The summed E-state index contributed by atoms with van der Waals surface area (Å²) in [7, 11) is 0.